The van der Waals surface area contributed by atoms with Crippen molar-refractivity contribution in [3.8, 4) is 0 Å². The number of amides is 1. The molecule has 2 aromatic rings. The Hall–Kier alpha value is -1.85. The van der Waals surface area contributed by atoms with E-state index >= 15 is 0 Å². The van der Waals surface area contributed by atoms with Gasteiger partial charge in [0, 0.05) is 13.1 Å². The van der Waals surface area contributed by atoms with Crippen molar-refractivity contribution in [2.24, 2.45) is 0 Å². The van der Waals surface area contributed by atoms with Crippen LogP contribution in [0.5, 0.6) is 0 Å². The topological polar surface area (TPSA) is 58.1 Å². The van der Waals surface area contributed by atoms with Gasteiger partial charge in [0.25, 0.3) is 5.91 Å². The minimum atomic E-state index is -0.367. The third-order valence-corrected chi connectivity index (χ3v) is 4.83. The summed E-state index contributed by atoms with van der Waals surface area (Å²) in [6.45, 7) is 1.97. The van der Waals surface area contributed by atoms with E-state index in [1.807, 2.05) is 6.07 Å². The van der Waals surface area contributed by atoms with Crippen LogP contribution >= 0.6 is 23.2 Å². The quantitative estimate of drug-likeness (QED) is 0.875. The molecular formula is C17H18Cl2N4O. The number of carbonyl (C=O) groups excluding carboxylic acids is 1. The first-order chi connectivity index (χ1) is 11.6. The normalized spacial score (nSPS) is 15.0. The Morgan fingerprint density at radius 3 is 2.42 bits per heavy atom. The van der Waals surface area contributed by atoms with E-state index in [1.165, 1.54) is 12.8 Å². The second-order valence-corrected chi connectivity index (χ2v) is 6.52. The van der Waals surface area contributed by atoms with Crippen LogP contribution in [-0.2, 0) is 0 Å². The third kappa shape index (κ3) is 3.97. The summed E-state index contributed by atoms with van der Waals surface area (Å²) >= 11 is 12.0. The summed E-state index contributed by atoms with van der Waals surface area (Å²) < 4.78 is 0. The summed E-state index contributed by atoms with van der Waals surface area (Å²) in [4.78, 5) is 14.5. The molecule has 5 nitrogen and oxygen atoms in total. The molecule has 7 heteroatoms. The molecule has 0 radical (unpaired) electrons. The number of halogens is 2. The van der Waals surface area contributed by atoms with Crippen molar-refractivity contribution in [1.29, 1.82) is 0 Å². The second kappa shape index (κ2) is 7.81. The maximum Gasteiger partial charge on any atom is 0.276 e. The predicted octanol–water partition coefficient (Wildman–Crippen LogP) is 4.42. The van der Waals surface area contributed by atoms with E-state index in [2.05, 4.69) is 20.4 Å². The minimum absolute atomic E-state index is 0.240. The number of nitrogens with one attached hydrogen (secondary N) is 1. The maximum absolute atomic E-state index is 12.3. The number of benzene rings is 1. The lowest BCUT2D eigenvalue weighted by Crippen LogP contribution is -2.25. The fourth-order valence-electron chi connectivity index (χ4n) is 2.70. The first-order valence-corrected chi connectivity index (χ1v) is 8.75. The lowest BCUT2D eigenvalue weighted by molar-refractivity contribution is 0.102. The Bertz CT molecular complexity index is 713. The smallest absolute Gasteiger partial charge is 0.276 e. The maximum atomic E-state index is 12.3. The molecule has 1 aromatic carbocycles. The van der Waals surface area contributed by atoms with Gasteiger partial charge in [0.15, 0.2) is 11.5 Å². The molecule has 2 heterocycles. The van der Waals surface area contributed by atoms with Crippen LogP contribution in [0.3, 0.4) is 0 Å². The third-order valence-electron chi connectivity index (χ3n) is 4.01. The molecule has 0 saturated carbocycles. The van der Waals surface area contributed by atoms with E-state index in [-0.39, 0.29) is 11.6 Å². The highest BCUT2D eigenvalue weighted by molar-refractivity contribution is 6.44. The van der Waals surface area contributed by atoms with E-state index in [0.29, 0.717) is 15.7 Å². The van der Waals surface area contributed by atoms with Crippen LogP contribution in [0.2, 0.25) is 10.0 Å². The van der Waals surface area contributed by atoms with Crippen LogP contribution in [-0.4, -0.2) is 29.2 Å². The monoisotopic (exact) mass is 364 g/mol. The van der Waals surface area contributed by atoms with Crippen LogP contribution in [0.4, 0.5) is 11.5 Å². The average molecular weight is 365 g/mol. The van der Waals surface area contributed by atoms with Gasteiger partial charge in [-0.25, -0.2) is 0 Å². The van der Waals surface area contributed by atoms with E-state index < -0.39 is 0 Å². The number of aromatic nitrogens is 2. The van der Waals surface area contributed by atoms with Gasteiger partial charge in [-0.05, 0) is 37.1 Å². The molecular weight excluding hydrogens is 347 g/mol. The first-order valence-electron chi connectivity index (χ1n) is 7.99. The molecule has 126 valence electrons. The largest absolute Gasteiger partial charge is 0.355 e. The van der Waals surface area contributed by atoms with Crippen molar-refractivity contribution < 1.29 is 4.79 Å². The highest BCUT2D eigenvalue weighted by atomic mass is 35.5. The molecule has 1 fully saturated rings. The Morgan fingerprint density at radius 1 is 1.00 bits per heavy atom. The number of hydrogen-bond donors (Lipinski definition) is 1. The fourth-order valence-corrected chi connectivity index (χ4v) is 3.05. The Balaban J connectivity index is 1.70. The van der Waals surface area contributed by atoms with Gasteiger partial charge in [0.05, 0.1) is 15.7 Å². The molecule has 24 heavy (non-hydrogen) atoms. The highest BCUT2D eigenvalue weighted by Gasteiger charge is 2.15. The Kier molecular flexibility index (Phi) is 5.53. The molecule has 0 unspecified atom stereocenters. The summed E-state index contributed by atoms with van der Waals surface area (Å²) in [5.41, 5.74) is 0.692. The van der Waals surface area contributed by atoms with Gasteiger partial charge in [-0.1, -0.05) is 42.1 Å². The minimum Gasteiger partial charge on any atom is -0.355 e. The van der Waals surface area contributed by atoms with Crippen LogP contribution in [0.15, 0.2) is 30.3 Å². The van der Waals surface area contributed by atoms with Crippen LogP contribution in [0.25, 0.3) is 0 Å². The molecule has 0 aliphatic carbocycles. The summed E-state index contributed by atoms with van der Waals surface area (Å²) in [5, 5.41) is 11.7. The summed E-state index contributed by atoms with van der Waals surface area (Å²) in [6.07, 6.45) is 4.84. The van der Waals surface area contributed by atoms with Gasteiger partial charge in [0.2, 0.25) is 0 Å². The van der Waals surface area contributed by atoms with Gasteiger partial charge in [0.1, 0.15) is 0 Å². The molecule has 3 rings (SSSR count). The zero-order valence-electron chi connectivity index (χ0n) is 13.1. The van der Waals surface area contributed by atoms with Crippen molar-refractivity contribution in [2.75, 3.05) is 23.3 Å². The number of carbonyl (C=O) groups is 1. The average Bonchev–Trinajstić information content (AvgIpc) is 2.88. The molecule has 0 spiro atoms. The van der Waals surface area contributed by atoms with E-state index in [1.54, 1.807) is 24.3 Å². The predicted molar refractivity (Wildman–Crippen MR) is 97.1 cm³/mol. The fraction of sp³-hybridized carbons (Fsp3) is 0.353. The summed E-state index contributed by atoms with van der Waals surface area (Å²) in [6, 6.07) is 8.59. The van der Waals surface area contributed by atoms with Crippen LogP contribution in [0, 0.1) is 0 Å². The molecule has 1 amide bonds. The Morgan fingerprint density at radius 2 is 1.75 bits per heavy atom. The first kappa shape index (κ1) is 17.0. The molecule has 0 atom stereocenters. The lowest BCUT2D eigenvalue weighted by atomic mass is 10.2. The van der Waals surface area contributed by atoms with Crippen LogP contribution in [0.1, 0.15) is 36.2 Å². The van der Waals surface area contributed by atoms with E-state index in [0.717, 1.165) is 31.7 Å². The SMILES string of the molecule is O=C(Nc1cccc(Cl)c1Cl)c1ccc(N2CCCCCC2)nn1. The zero-order valence-corrected chi connectivity index (χ0v) is 14.6. The van der Waals surface area contributed by atoms with Crippen molar-refractivity contribution in [3.63, 3.8) is 0 Å². The zero-order chi connectivity index (χ0) is 16.9. The summed E-state index contributed by atoms with van der Waals surface area (Å²) in [5.74, 6) is 0.448. The molecule has 1 N–H and O–H groups in total. The molecule has 1 aliphatic rings. The summed E-state index contributed by atoms with van der Waals surface area (Å²) in [7, 11) is 0. The van der Waals surface area contributed by atoms with Crippen molar-refractivity contribution in [3.05, 3.63) is 46.1 Å². The number of anilines is 2. The molecule has 1 aliphatic heterocycles. The standard InChI is InChI=1S/C17H18Cl2N4O/c18-12-6-5-7-13(16(12)19)20-17(24)14-8-9-15(22-21-14)23-10-3-1-2-4-11-23/h5-9H,1-4,10-11H2,(H,20,24). The highest BCUT2D eigenvalue weighted by Crippen LogP contribution is 2.29. The van der Waals surface area contributed by atoms with Gasteiger partial charge in [-0.2, -0.15) is 0 Å². The van der Waals surface area contributed by atoms with Gasteiger partial charge >= 0.3 is 0 Å². The number of nitrogens with zero attached hydrogens (tertiary/aromatic N) is 3. The van der Waals surface area contributed by atoms with Gasteiger partial charge < -0.3 is 10.2 Å². The van der Waals surface area contributed by atoms with E-state index in [9.17, 15) is 4.79 Å². The van der Waals surface area contributed by atoms with Gasteiger partial charge in [-0.3, -0.25) is 4.79 Å². The number of rotatable bonds is 3. The van der Waals surface area contributed by atoms with Crippen LogP contribution < -0.4 is 10.2 Å². The lowest BCUT2D eigenvalue weighted by Gasteiger charge is -2.20. The van der Waals surface area contributed by atoms with Crippen molar-refractivity contribution >= 4 is 40.6 Å². The molecule has 1 saturated heterocycles. The van der Waals surface area contributed by atoms with Crippen molar-refractivity contribution in [2.45, 2.75) is 25.7 Å². The number of hydrogen-bond acceptors (Lipinski definition) is 4. The molecule has 0 bridgehead atoms. The molecule has 1 aromatic heterocycles. The van der Waals surface area contributed by atoms with E-state index in [4.69, 9.17) is 23.2 Å². The Labute approximate surface area is 151 Å². The second-order valence-electron chi connectivity index (χ2n) is 5.73. The van der Waals surface area contributed by atoms with Gasteiger partial charge in [-0.15, -0.1) is 10.2 Å². The van der Waals surface area contributed by atoms with Crippen molar-refractivity contribution in [1.82, 2.24) is 10.2 Å².